The third-order valence-electron chi connectivity index (χ3n) is 4.99. The van der Waals surface area contributed by atoms with E-state index in [4.69, 9.17) is 5.26 Å². The number of nitrogens with one attached hydrogen (secondary N) is 1. The first-order chi connectivity index (χ1) is 10.8. The summed E-state index contributed by atoms with van der Waals surface area (Å²) < 4.78 is 2.12. The van der Waals surface area contributed by atoms with E-state index in [1.807, 2.05) is 24.4 Å². The van der Waals surface area contributed by atoms with Crippen LogP contribution in [0, 0.1) is 11.3 Å². The van der Waals surface area contributed by atoms with Crippen molar-refractivity contribution in [3.05, 3.63) is 53.9 Å². The van der Waals surface area contributed by atoms with Gasteiger partial charge in [0, 0.05) is 29.1 Å². The Morgan fingerprint density at radius 1 is 1.23 bits per heavy atom. The number of pyridine rings is 1. The van der Waals surface area contributed by atoms with Crippen molar-refractivity contribution in [3.8, 4) is 11.8 Å². The summed E-state index contributed by atoms with van der Waals surface area (Å²) in [5.41, 5.74) is 4.49. The molecule has 22 heavy (non-hydrogen) atoms. The maximum Gasteiger partial charge on any atom is 0.129 e. The summed E-state index contributed by atoms with van der Waals surface area (Å²) in [7, 11) is 0. The first kappa shape index (κ1) is 11.8. The third-order valence-corrected chi connectivity index (χ3v) is 4.99. The minimum atomic E-state index is 0.332. The highest BCUT2D eigenvalue weighted by molar-refractivity contribution is 5.83. The lowest BCUT2D eigenvalue weighted by Crippen LogP contribution is -2.08. The molecule has 0 atom stereocenters. The van der Waals surface area contributed by atoms with Gasteiger partial charge in [-0.25, -0.2) is 4.98 Å². The highest BCUT2D eigenvalue weighted by atomic mass is 15.1. The Morgan fingerprint density at radius 3 is 2.95 bits per heavy atom. The molecule has 1 fully saturated rings. The van der Waals surface area contributed by atoms with Gasteiger partial charge >= 0.3 is 0 Å². The summed E-state index contributed by atoms with van der Waals surface area (Å²) in [5, 5.41) is 13.7. The molecule has 3 heterocycles. The quantitative estimate of drug-likeness (QED) is 0.746. The van der Waals surface area contributed by atoms with E-state index in [0.29, 0.717) is 11.0 Å². The van der Waals surface area contributed by atoms with Gasteiger partial charge in [0.15, 0.2) is 0 Å². The molecule has 3 aromatic rings. The zero-order chi connectivity index (χ0) is 14.7. The second kappa shape index (κ2) is 3.89. The number of hydrogen-bond donors (Lipinski definition) is 1. The van der Waals surface area contributed by atoms with Crippen LogP contribution < -0.4 is 5.32 Å². The minimum absolute atomic E-state index is 0.332. The Hall–Kier alpha value is -2.80. The molecular weight excluding hydrogens is 272 g/mol. The topological polar surface area (TPSA) is 53.6 Å². The summed E-state index contributed by atoms with van der Waals surface area (Å²) in [6, 6.07) is 12.3. The fourth-order valence-corrected chi connectivity index (χ4v) is 3.50. The van der Waals surface area contributed by atoms with Crippen molar-refractivity contribution in [1.82, 2.24) is 9.55 Å². The Kier molecular flexibility index (Phi) is 2.09. The molecule has 5 rings (SSSR count). The molecule has 1 spiro atoms. The monoisotopic (exact) mass is 286 g/mol. The molecule has 1 aliphatic heterocycles. The number of hydrogen-bond acceptors (Lipinski definition) is 3. The summed E-state index contributed by atoms with van der Waals surface area (Å²) in [4.78, 5) is 4.60. The molecule has 1 aliphatic carbocycles. The van der Waals surface area contributed by atoms with Crippen molar-refractivity contribution in [1.29, 1.82) is 5.26 Å². The van der Waals surface area contributed by atoms with Crippen LogP contribution in [0.3, 0.4) is 0 Å². The number of aromatic nitrogens is 2. The van der Waals surface area contributed by atoms with Gasteiger partial charge in [0.1, 0.15) is 5.82 Å². The number of rotatable bonds is 1. The van der Waals surface area contributed by atoms with Crippen LogP contribution in [0.2, 0.25) is 0 Å². The zero-order valence-corrected chi connectivity index (χ0v) is 12.0. The van der Waals surface area contributed by atoms with Crippen molar-refractivity contribution in [2.45, 2.75) is 18.3 Å². The average Bonchev–Trinajstić information content (AvgIpc) is 3.09. The van der Waals surface area contributed by atoms with Crippen LogP contribution in [0.15, 0.2) is 42.7 Å². The predicted molar refractivity (Wildman–Crippen MR) is 85.2 cm³/mol. The van der Waals surface area contributed by atoms with Crippen molar-refractivity contribution < 1.29 is 0 Å². The summed E-state index contributed by atoms with van der Waals surface area (Å²) in [5.74, 6) is 1.04. The zero-order valence-electron chi connectivity index (χ0n) is 12.0. The molecule has 4 nitrogen and oxygen atoms in total. The van der Waals surface area contributed by atoms with Gasteiger partial charge in [-0.1, -0.05) is 6.07 Å². The highest BCUT2D eigenvalue weighted by Gasteiger charge is 2.49. The van der Waals surface area contributed by atoms with Gasteiger partial charge in [-0.2, -0.15) is 5.26 Å². The molecule has 4 heteroatoms. The summed E-state index contributed by atoms with van der Waals surface area (Å²) in [6.07, 6.45) is 6.47. The van der Waals surface area contributed by atoms with Gasteiger partial charge in [0.05, 0.1) is 29.0 Å². The van der Waals surface area contributed by atoms with Gasteiger partial charge < -0.3 is 9.88 Å². The molecule has 2 aliphatic rings. The lowest BCUT2D eigenvalue weighted by atomic mass is 10.0. The van der Waals surface area contributed by atoms with E-state index in [2.05, 4.69) is 39.3 Å². The van der Waals surface area contributed by atoms with E-state index < -0.39 is 0 Å². The number of anilines is 1. The molecule has 1 N–H and O–H groups in total. The van der Waals surface area contributed by atoms with Crippen LogP contribution in [0.5, 0.6) is 0 Å². The van der Waals surface area contributed by atoms with Crippen LogP contribution >= 0.6 is 0 Å². The van der Waals surface area contributed by atoms with E-state index in [9.17, 15) is 0 Å². The molecule has 0 bridgehead atoms. The van der Waals surface area contributed by atoms with Crippen LogP contribution in [-0.2, 0) is 5.41 Å². The smallest absolute Gasteiger partial charge is 0.129 e. The molecule has 2 aromatic heterocycles. The first-order valence-corrected chi connectivity index (χ1v) is 7.55. The lowest BCUT2D eigenvalue weighted by Gasteiger charge is -2.10. The van der Waals surface area contributed by atoms with Gasteiger partial charge in [0.2, 0.25) is 0 Å². The van der Waals surface area contributed by atoms with Gasteiger partial charge in [0.25, 0.3) is 0 Å². The predicted octanol–water partition coefficient (Wildman–Crippen LogP) is 3.35. The van der Waals surface area contributed by atoms with Crippen molar-refractivity contribution in [3.63, 3.8) is 0 Å². The van der Waals surface area contributed by atoms with E-state index in [-0.39, 0.29) is 0 Å². The van der Waals surface area contributed by atoms with Crippen molar-refractivity contribution in [2.75, 3.05) is 11.9 Å². The highest BCUT2D eigenvalue weighted by Crippen LogP contribution is 2.53. The van der Waals surface area contributed by atoms with E-state index in [0.717, 1.165) is 29.0 Å². The Morgan fingerprint density at radius 2 is 2.14 bits per heavy atom. The van der Waals surface area contributed by atoms with E-state index in [1.54, 1.807) is 0 Å². The normalized spacial score (nSPS) is 17.2. The number of fused-ring (bicyclic) bond motifs is 3. The van der Waals surface area contributed by atoms with Gasteiger partial charge in [-0.3, -0.25) is 0 Å². The SMILES string of the molecule is N#Cc1ccc2ccn(-c3cnc4c(c3)C3(CC3)CN4)c2c1. The third kappa shape index (κ3) is 1.48. The number of nitrogens with zero attached hydrogens (tertiary/aromatic N) is 3. The molecule has 0 saturated heterocycles. The van der Waals surface area contributed by atoms with Crippen LogP contribution in [-0.4, -0.2) is 16.1 Å². The first-order valence-electron chi connectivity index (χ1n) is 7.55. The molecular formula is C18H14N4. The second-order valence-corrected chi connectivity index (χ2v) is 6.29. The maximum absolute atomic E-state index is 9.12. The number of nitriles is 1. The van der Waals surface area contributed by atoms with Crippen LogP contribution in [0.25, 0.3) is 16.6 Å². The fourth-order valence-electron chi connectivity index (χ4n) is 3.50. The van der Waals surface area contributed by atoms with Crippen LogP contribution in [0.4, 0.5) is 5.82 Å². The average molecular weight is 286 g/mol. The summed E-state index contributed by atoms with van der Waals surface area (Å²) >= 11 is 0. The molecule has 1 aromatic carbocycles. The Bertz CT molecular complexity index is 957. The largest absolute Gasteiger partial charge is 0.369 e. The summed E-state index contributed by atoms with van der Waals surface area (Å²) in [6.45, 7) is 1.02. The standard InChI is InChI=1S/C18H14N4/c19-9-12-1-2-13-3-6-22(16(13)7-12)14-8-15-17(20-10-14)21-11-18(15)4-5-18/h1-3,6-8,10H,4-5,11H2,(H,20,21). The van der Waals surface area contributed by atoms with E-state index >= 15 is 0 Å². The van der Waals surface area contributed by atoms with Crippen molar-refractivity contribution in [2.24, 2.45) is 0 Å². The molecule has 0 amide bonds. The number of benzene rings is 1. The van der Waals surface area contributed by atoms with Crippen LogP contribution in [0.1, 0.15) is 24.0 Å². The van der Waals surface area contributed by atoms with Crippen molar-refractivity contribution >= 4 is 16.7 Å². The maximum atomic E-state index is 9.12. The van der Waals surface area contributed by atoms with Gasteiger partial charge in [-0.15, -0.1) is 0 Å². The lowest BCUT2D eigenvalue weighted by molar-refractivity contribution is 0.776. The molecule has 0 radical (unpaired) electrons. The molecule has 0 unspecified atom stereocenters. The molecule has 106 valence electrons. The Balaban J connectivity index is 1.71. The van der Waals surface area contributed by atoms with Gasteiger partial charge in [-0.05, 0) is 37.1 Å². The Labute approximate surface area is 128 Å². The second-order valence-electron chi connectivity index (χ2n) is 6.29. The van der Waals surface area contributed by atoms with E-state index in [1.165, 1.54) is 18.4 Å². The molecule has 1 saturated carbocycles. The fraction of sp³-hybridized carbons (Fsp3) is 0.222. The minimum Gasteiger partial charge on any atom is -0.369 e.